The molecule has 0 atom stereocenters. The van der Waals surface area contributed by atoms with Crippen LogP contribution in [0.4, 0.5) is 20.2 Å². The molecule has 1 aliphatic rings. The molecule has 46 heavy (non-hydrogen) atoms. The summed E-state index contributed by atoms with van der Waals surface area (Å²) in [5.74, 6) is -2.02. The van der Waals surface area contributed by atoms with Gasteiger partial charge in [0.1, 0.15) is 17.0 Å². The number of hydrogen-bond donors (Lipinski definition) is 3. The van der Waals surface area contributed by atoms with Gasteiger partial charge in [-0.3, -0.25) is 19.4 Å². The molecule has 1 aliphatic carbocycles. The van der Waals surface area contributed by atoms with E-state index in [1.165, 1.54) is 49.7 Å². The number of aromatic nitrogens is 1. The van der Waals surface area contributed by atoms with Gasteiger partial charge in [-0.2, -0.15) is 0 Å². The zero-order valence-electron chi connectivity index (χ0n) is 27.1. The number of halogens is 2. The zero-order valence-corrected chi connectivity index (χ0v) is 26.5. The fourth-order valence-electron chi connectivity index (χ4n) is 4.72. The predicted molar refractivity (Wildman–Crippen MR) is 170 cm³/mol. The molecule has 1 fully saturated rings. The maximum Gasteiger partial charge on any atom is 2.00 e. The van der Waals surface area contributed by atoms with Gasteiger partial charge in [0.15, 0.2) is 23.1 Å². The van der Waals surface area contributed by atoms with Gasteiger partial charge in [0.05, 0.1) is 19.2 Å². The fourth-order valence-corrected chi connectivity index (χ4v) is 4.72. The van der Waals surface area contributed by atoms with Crippen molar-refractivity contribution in [2.75, 3.05) is 24.4 Å². The number of ether oxygens (including phenoxy) is 3. The summed E-state index contributed by atoms with van der Waals surface area (Å²) in [7, 11) is 1.49. The standard InChI is InChI=1S/C33H31F2N3O7.Mg.2H/c1-43-28-18-23-25(19-29(28)44-16-4-2-3-5-30(39)40)36-15-12-26(23)45-27-11-10-22(17-24(27)35)38-32(42)33(13-14-33)31(41)37-21-8-6-20(34)7-9-21;;;/h6-12,15,17-19H,2-5,13-14,16H2,1H3,(H,37,41)(H,38,42)(H,39,40);;;/q;+2;2*-1. The minimum absolute atomic E-state index is 0. The third-order valence-electron chi connectivity index (χ3n) is 7.41. The number of nitrogens with one attached hydrogen (secondary N) is 2. The van der Waals surface area contributed by atoms with Gasteiger partial charge in [0, 0.05) is 41.5 Å². The van der Waals surface area contributed by atoms with Crippen molar-refractivity contribution in [3.8, 4) is 23.0 Å². The summed E-state index contributed by atoms with van der Waals surface area (Å²) in [6.45, 7) is 0.367. The van der Waals surface area contributed by atoms with Gasteiger partial charge in [-0.25, -0.2) is 8.78 Å². The number of carboxylic acid groups (broad SMARTS) is 1. The summed E-state index contributed by atoms with van der Waals surface area (Å²) in [4.78, 5) is 40.9. The summed E-state index contributed by atoms with van der Waals surface area (Å²) in [6, 6.07) is 14.1. The number of carbonyl (C=O) groups excluding carboxylic acids is 2. The monoisotopic (exact) mass is 645 g/mol. The molecule has 1 saturated carbocycles. The summed E-state index contributed by atoms with van der Waals surface area (Å²) < 4.78 is 45.6. The number of rotatable bonds is 14. The molecule has 5 rings (SSSR count). The molecule has 0 radical (unpaired) electrons. The average molecular weight is 646 g/mol. The summed E-state index contributed by atoms with van der Waals surface area (Å²) in [5, 5.41) is 14.6. The number of methoxy groups -OCH3 is 1. The maximum atomic E-state index is 15.2. The van der Waals surface area contributed by atoms with E-state index in [1.807, 2.05) is 0 Å². The predicted octanol–water partition coefficient (Wildman–Crippen LogP) is 6.54. The Hall–Kier alpha value is -4.49. The largest absolute Gasteiger partial charge is 2.00 e. The number of anilines is 2. The van der Waals surface area contributed by atoms with Crippen LogP contribution in [0.1, 0.15) is 41.4 Å². The van der Waals surface area contributed by atoms with E-state index in [9.17, 15) is 18.8 Å². The Kier molecular flexibility index (Phi) is 11.4. The van der Waals surface area contributed by atoms with Crippen LogP contribution in [-0.4, -0.2) is 64.6 Å². The Labute approximate surface area is 282 Å². The number of aliphatic carboxylic acids is 1. The molecule has 238 valence electrons. The first-order valence-electron chi connectivity index (χ1n) is 14.4. The smallest absolute Gasteiger partial charge is 1.00 e. The molecule has 0 unspecified atom stereocenters. The molecule has 2 amide bonds. The Bertz CT molecular complexity index is 1740. The molecular weight excluding hydrogens is 613 g/mol. The topological polar surface area (TPSA) is 136 Å². The molecule has 4 aromatic rings. The third-order valence-corrected chi connectivity index (χ3v) is 7.41. The molecular formula is C33H33F2MgN3O7. The van der Waals surface area contributed by atoms with Gasteiger partial charge in [0.2, 0.25) is 11.8 Å². The van der Waals surface area contributed by atoms with Gasteiger partial charge >= 0.3 is 29.0 Å². The Morgan fingerprint density at radius 1 is 0.870 bits per heavy atom. The number of carboxylic acids is 1. The van der Waals surface area contributed by atoms with Crippen LogP contribution in [0, 0.1) is 17.0 Å². The van der Waals surface area contributed by atoms with Crippen molar-refractivity contribution in [1.82, 2.24) is 4.98 Å². The Morgan fingerprint density at radius 2 is 1.57 bits per heavy atom. The van der Waals surface area contributed by atoms with Crippen LogP contribution in [0.15, 0.2) is 66.9 Å². The number of nitrogens with zero attached hydrogens (tertiary/aromatic N) is 1. The molecule has 3 aromatic carbocycles. The number of hydrogen-bond acceptors (Lipinski definition) is 7. The Balaban J connectivity index is 0.00000267. The molecule has 1 aromatic heterocycles. The number of pyridine rings is 1. The van der Waals surface area contributed by atoms with Crippen LogP contribution >= 0.6 is 0 Å². The van der Waals surface area contributed by atoms with Crippen LogP contribution in [0.25, 0.3) is 10.9 Å². The second kappa shape index (κ2) is 15.2. The van der Waals surface area contributed by atoms with E-state index in [2.05, 4.69) is 15.6 Å². The second-order valence-electron chi connectivity index (χ2n) is 10.6. The first-order chi connectivity index (χ1) is 21.7. The van der Waals surface area contributed by atoms with Crippen LogP contribution in [-0.2, 0) is 14.4 Å². The van der Waals surface area contributed by atoms with E-state index in [4.69, 9.17) is 19.3 Å². The van der Waals surface area contributed by atoms with E-state index in [1.54, 1.807) is 18.2 Å². The third kappa shape index (κ3) is 8.20. The fraction of sp³-hybridized carbons (Fsp3) is 0.273. The van der Waals surface area contributed by atoms with Crippen LogP contribution < -0.4 is 24.8 Å². The van der Waals surface area contributed by atoms with E-state index >= 15 is 4.39 Å². The molecule has 0 spiro atoms. The second-order valence-corrected chi connectivity index (χ2v) is 10.6. The van der Waals surface area contributed by atoms with Gasteiger partial charge in [0.25, 0.3) is 0 Å². The number of amides is 2. The van der Waals surface area contributed by atoms with Crippen molar-refractivity contribution in [1.29, 1.82) is 0 Å². The number of fused-ring (bicyclic) bond motifs is 1. The number of unbranched alkanes of at least 4 members (excludes halogenated alkanes) is 2. The van der Waals surface area contributed by atoms with E-state index < -0.39 is 34.8 Å². The van der Waals surface area contributed by atoms with Gasteiger partial charge < -0.3 is 32.8 Å². The van der Waals surface area contributed by atoms with E-state index in [0.717, 1.165) is 6.07 Å². The first kappa shape index (κ1) is 34.4. The van der Waals surface area contributed by atoms with Crippen LogP contribution in [0.2, 0.25) is 0 Å². The minimum Gasteiger partial charge on any atom is -1.00 e. The molecule has 3 N–H and O–H groups in total. The maximum absolute atomic E-state index is 15.2. The van der Waals surface area contributed by atoms with E-state index in [-0.39, 0.29) is 43.8 Å². The van der Waals surface area contributed by atoms with Crippen molar-refractivity contribution >= 4 is 63.1 Å². The van der Waals surface area contributed by atoms with Crippen molar-refractivity contribution in [3.63, 3.8) is 0 Å². The van der Waals surface area contributed by atoms with E-state index in [0.29, 0.717) is 72.5 Å². The Morgan fingerprint density at radius 3 is 2.22 bits per heavy atom. The van der Waals surface area contributed by atoms with Crippen LogP contribution in [0.5, 0.6) is 23.0 Å². The van der Waals surface area contributed by atoms with Crippen molar-refractivity contribution in [3.05, 3.63) is 78.5 Å². The first-order valence-corrected chi connectivity index (χ1v) is 14.4. The molecule has 10 nitrogen and oxygen atoms in total. The molecule has 1 heterocycles. The number of carbonyl (C=O) groups is 3. The molecule has 0 saturated heterocycles. The van der Waals surface area contributed by atoms with Gasteiger partial charge in [-0.1, -0.05) is 0 Å². The SMILES string of the molecule is COc1cc2c(Oc3ccc(NC(=O)C4(C(=O)Nc5ccc(F)cc5)CC4)cc3F)ccnc2cc1OCCCCCC(=O)O.[H-].[H-].[Mg+2]. The van der Waals surface area contributed by atoms with Crippen molar-refractivity contribution < 1.29 is 45.3 Å². The average Bonchev–Trinajstić information content (AvgIpc) is 3.83. The van der Waals surface area contributed by atoms with Crippen molar-refractivity contribution in [2.45, 2.75) is 38.5 Å². The quantitative estimate of drug-likeness (QED) is 0.0799. The molecule has 0 bridgehead atoms. The minimum atomic E-state index is -1.29. The molecule has 13 heteroatoms. The summed E-state index contributed by atoms with van der Waals surface area (Å²) >= 11 is 0. The zero-order chi connectivity index (χ0) is 32.0. The van der Waals surface area contributed by atoms with Gasteiger partial charge in [-0.05, 0) is 80.6 Å². The van der Waals surface area contributed by atoms with Crippen LogP contribution in [0.3, 0.4) is 0 Å². The van der Waals surface area contributed by atoms with Gasteiger partial charge in [-0.15, -0.1) is 0 Å². The number of benzene rings is 3. The van der Waals surface area contributed by atoms with Crippen molar-refractivity contribution in [2.24, 2.45) is 5.41 Å². The summed E-state index contributed by atoms with van der Waals surface area (Å²) in [5.41, 5.74) is -0.260. The molecule has 0 aliphatic heterocycles. The summed E-state index contributed by atoms with van der Waals surface area (Å²) in [6.07, 6.45) is 4.23. The normalized spacial score (nSPS) is 12.8.